The van der Waals surface area contributed by atoms with Crippen LogP contribution in [0.4, 0.5) is 10.2 Å². The number of benzene rings is 1. The highest BCUT2D eigenvalue weighted by Crippen LogP contribution is 2.37. The minimum absolute atomic E-state index is 0.0323. The Balaban J connectivity index is 1.89. The molecule has 0 unspecified atom stereocenters. The second-order valence-corrected chi connectivity index (χ2v) is 6.67. The van der Waals surface area contributed by atoms with Gasteiger partial charge in [0.25, 0.3) is 0 Å². The smallest absolute Gasteiger partial charge is 0.165 e. The second-order valence-electron chi connectivity index (χ2n) is 6.27. The van der Waals surface area contributed by atoms with Crippen LogP contribution >= 0.6 is 11.6 Å². The molecule has 2 aromatic heterocycles. The number of phenolic OH excluding ortho intramolecular Hbond substituents is 1. The van der Waals surface area contributed by atoms with Crippen LogP contribution in [-0.2, 0) is 0 Å². The Morgan fingerprint density at radius 3 is 2.96 bits per heavy atom. The average Bonchev–Trinajstić information content (AvgIpc) is 2.62. The number of piperazine rings is 1. The summed E-state index contributed by atoms with van der Waals surface area (Å²) in [6, 6.07) is 6.03. The Morgan fingerprint density at radius 2 is 2.19 bits per heavy atom. The lowest BCUT2D eigenvalue weighted by Gasteiger charge is -2.35. The molecular weight excluding hydrogens is 357 g/mol. The summed E-state index contributed by atoms with van der Waals surface area (Å²) in [6.07, 6.45) is 1.44. The number of hydrogen-bond acceptors (Lipinski definition) is 6. The van der Waals surface area contributed by atoms with Crippen molar-refractivity contribution in [3.63, 3.8) is 0 Å². The van der Waals surface area contributed by atoms with Crippen molar-refractivity contribution in [1.82, 2.24) is 20.3 Å². The molecule has 1 saturated heterocycles. The van der Waals surface area contributed by atoms with Gasteiger partial charge in [-0.25, -0.2) is 19.3 Å². The maximum Gasteiger partial charge on any atom is 0.165 e. The fourth-order valence-electron chi connectivity index (χ4n) is 3.26. The van der Waals surface area contributed by atoms with E-state index in [2.05, 4.69) is 32.1 Å². The summed E-state index contributed by atoms with van der Waals surface area (Å²) in [5.41, 5.74) is 0.533. The number of nitrogens with one attached hydrogen (secondary N) is 1. The fraction of sp³-hybridized carbons (Fsp3) is 0.278. The number of pyridine rings is 1. The molecule has 1 aliphatic heterocycles. The van der Waals surface area contributed by atoms with Crippen LogP contribution in [0.25, 0.3) is 22.3 Å². The van der Waals surface area contributed by atoms with Crippen molar-refractivity contribution >= 4 is 28.5 Å². The third kappa shape index (κ3) is 2.83. The van der Waals surface area contributed by atoms with Crippen molar-refractivity contribution in [2.24, 2.45) is 0 Å². The van der Waals surface area contributed by atoms with E-state index in [1.54, 1.807) is 6.07 Å². The number of nitrogens with zero attached hydrogens (tertiary/aromatic N) is 4. The molecular formula is C18H17ClFN5O. The molecule has 8 heteroatoms. The molecule has 0 radical (unpaired) electrons. The van der Waals surface area contributed by atoms with Crippen molar-refractivity contribution < 1.29 is 9.50 Å². The summed E-state index contributed by atoms with van der Waals surface area (Å²) >= 11 is 6.40. The summed E-state index contributed by atoms with van der Waals surface area (Å²) < 4.78 is 14.2. The number of aromatic hydroxyl groups is 1. The highest BCUT2D eigenvalue weighted by atomic mass is 35.5. The Hall–Kier alpha value is -2.51. The Bertz CT molecular complexity index is 963. The van der Waals surface area contributed by atoms with Crippen LogP contribution in [-0.4, -0.2) is 45.7 Å². The van der Waals surface area contributed by atoms with Gasteiger partial charge in [-0.1, -0.05) is 17.7 Å². The van der Waals surface area contributed by atoms with E-state index in [4.69, 9.17) is 11.6 Å². The Kier molecular flexibility index (Phi) is 4.34. The van der Waals surface area contributed by atoms with Crippen molar-refractivity contribution in [3.05, 3.63) is 41.4 Å². The van der Waals surface area contributed by atoms with E-state index in [0.29, 0.717) is 11.0 Å². The van der Waals surface area contributed by atoms with Gasteiger partial charge in [-0.2, -0.15) is 0 Å². The molecule has 1 fully saturated rings. The van der Waals surface area contributed by atoms with Crippen molar-refractivity contribution in [1.29, 1.82) is 0 Å². The molecule has 26 heavy (non-hydrogen) atoms. The van der Waals surface area contributed by atoms with Crippen LogP contribution in [0, 0.1) is 5.82 Å². The van der Waals surface area contributed by atoms with Crippen LogP contribution in [0.3, 0.4) is 0 Å². The Labute approximate surface area is 154 Å². The summed E-state index contributed by atoms with van der Waals surface area (Å²) in [4.78, 5) is 15.2. The summed E-state index contributed by atoms with van der Waals surface area (Å²) in [5, 5.41) is 14.3. The number of anilines is 1. The van der Waals surface area contributed by atoms with Crippen molar-refractivity contribution in [3.8, 4) is 17.0 Å². The van der Waals surface area contributed by atoms with E-state index in [9.17, 15) is 9.50 Å². The number of phenols is 1. The van der Waals surface area contributed by atoms with Crippen LogP contribution in [0.15, 0.2) is 30.6 Å². The maximum atomic E-state index is 14.2. The van der Waals surface area contributed by atoms with Crippen LogP contribution in [0.2, 0.25) is 5.02 Å². The lowest BCUT2D eigenvalue weighted by Crippen LogP contribution is -2.50. The number of hydrogen-bond donors (Lipinski definition) is 2. The number of rotatable bonds is 2. The van der Waals surface area contributed by atoms with E-state index in [-0.39, 0.29) is 28.1 Å². The first-order valence-electron chi connectivity index (χ1n) is 8.32. The zero-order valence-corrected chi connectivity index (χ0v) is 14.8. The molecule has 2 N–H and O–H groups in total. The van der Waals surface area contributed by atoms with Gasteiger partial charge in [-0.3, -0.25) is 0 Å². The van der Waals surface area contributed by atoms with Gasteiger partial charge < -0.3 is 15.3 Å². The molecule has 3 aromatic rings. The zero-order chi connectivity index (χ0) is 18.3. The van der Waals surface area contributed by atoms with Gasteiger partial charge >= 0.3 is 0 Å². The molecule has 134 valence electrons. The lowest BCUT2D eigenvalue weighted by molar-refractivity contribution is 0.471. The normalized spacial score (nSPS) is 17.7. The first-order chi connectivity index (χ1) is 12.6. The van der Waals surface area contributed by atoms with E-state index < -0.39 is 5.82 Å². The van der Waals surface area contributed by atoms with Gasteiger partial charge in [-0.15, -0.1) is 0 Å². The van der Waals surface area contributed by atoms with Crippen molar-refractivity contribution in [2.75, 3.05) is 24.5 Å². The standard InChI is InChI=1S/C18H17ClFN5O/c1-10-8-21-5-6-25(10)18-11-7-12(19)16(24-17(11)22-9-23-18)15-13(20)3-2-4-14(15)26/h2-4,7,9-10,21,26H,5-6,8H2,1H3/t10-/m0/s1. The monoisotopic (exact) mass is 373 g/mol. The molecule has 0 bridgehead atoms. The minimum Gasteiger partial charge on any atom is -0.507 e. The summed E-state index contributed by atoms with van der Waals surface area (Å²) in [7, 11) is 0. The van der Waals surface area contributed by atoms with Gasteiger partial charge in [-0.05, 0) is 25.1 Å². The second kappa shape index (κ2) is 6.66. The highest BCUT2D eigenvalue weighted by molar-refractivity contribution is 6.34. The van der Waals surface area contributed by atoms with Gasteiger partial charge in [0.2, 0.25) is 0 Å². The minimum atomic E-state index is -0.594. The zero-order valence-electron chi connectivity index (χ0n) is 14.1. The number of halogens is 2. The molecule has 1 aliphatic rings. The average molecular weight is 374 g/mol. The molecule has 0 saturated carbocycles. The molecule has 0 spiro atoms. The number of fused-ring (bicyclic) bond motifs is 1. The molecule has 0 amide bonds. The largest absolute Gasteiger partial charge is 0.507 e. The lowest BCUT2D eigenvalue weighted by atomic mass is 10.1. The van der Waals surface area contributed by atoms with Gasteiger partial charge in [0.15, 0.2) is 5.65 Å². The van der Waals surface area contributed by atoms with E-state index in [1.807, 2.05) is 0 Å². The fourth-order valence-corrected chi connectivity index (χ4v) is 3.50. The highest BCUT2D eigenvalue weighted by Gasteiger charge is 2.23. The third-order valence-corrected chi connectivity index (χ3v) is 4.85. The molecule has 1 atom stereocenters. The molecule has 0 aliphatic carbocycles. The predicted molar refractivity (Wildman–Crippen MR) is 99.1 cm³/mol. The first-order valence-corrected chi connectivity index (χ1v) is 8.70. The van der Waals surface area contributed by atoms with E-state index in [1.165, 1.54) is 24.5 Å². The number of aromatic nitrogens is 3. The molecule has 1 aromatic carbocycles. The van der Waals surface area contributed by atoms with Crippen LogP contribution < -0.4 is 10.2 Å². The predicted octanol–water partition coefficient (Wildman–Crippen LogP) is 2.99. The van der Waals surface area contributed by atoms with Crippen LogP contribution in [0.5, 0.6) is 5.75 Å². The van der Waals surface area contributed by atoms with Gasteiger partial charge in [0.1, 0.15) is 23.7 Å². The SMILES string of the molecule is C[C@H]1CNCCN1c1ncnc2nc(-c3c(O)cccc3F)c(Cl)cc12. The Morgan fingerprint density at radius 1 is 1.35 bits per heavy atom. The van der Waals surface area contributed by atoms with Gasteiger partial charge in [0, 0.05) is 25.7 Å². The van der Waals surface area contributed by atoms with E-state index >= 15 is 0 Å². The summed E-state index contributed by atoms with van der Waals surface area (Å²) in [6.45, 7) is 4.63. The maximum absolute atomic E-state index is 14.2. The topological polar surface area (TPSA) is 74.2 Å². The molecule has 4 rings (SSSR count). The van der Waals surface area contributed by atoms with Gasteiger partial charge in [0.05, 0.1) is 21.7 Å². The molecule has 3 heterocycles. The van der Waals surface area contributed by atoms with E-state index in [0.717, 1.165) is 25.5 Å². The first kappa shape index (κ1) is 16.9. The van der Waals surface area contributed by atoms with Crippen molar-refractivity contribution in [2.45, 2.75) is 13.0 Å². The quantitative estimate of drug-likeness (QED) is 0.719. The molecule has 6 nitrogen and oxygen atoms in total. The summed E-state index contributed by atoms with van der Waals surface area (Å²) in [5.74, 6) is -0.0600. The van der Waals surface area contributed by atoms with Crippen LogP contribution in [0.1, 0.15) is 6.92 Å². The third-order valence-electron chi connectivity index (χ3n) is 4.56.